The normalized spacial score (nSPS) is 12.3. The molecule has 8 heteroatoms. The lowest BCUT2D eigenvalue weighted by Gasteiger charge is -2.16. The third-order valence-electron chi connectivity index (χ3n) is 7.57. The monoisotopic (exact) mass is 526 g/mol. The van der Waals surface area contributed by atoms with E-state index in [1.54, 1.807) is 0 Å². The van der Waals surface area contributed by atoms with E-state index in [0.717, 1.165) is 76.8 Å². The van der Waals surface area contributed by atoms with Gasteiger partial charge in [-0.2, -0.15) is 15.3 Å². The van der Waals surface area contributed by atoms with Crippen LogP contribution in [0.5, 0.6) is 0 Å². The van der Waals surface area contributed by atoms with Gasteiger partial charge in [0, 0.05) is 48.9 Å². The molecule has 0 bridgehead atoms. The van der Waals surface area contributed by atoms with Crippen molar-refractivity contribution in [2.45, 2.75) is 39.3 Å². The third kappa shape index (κ3) is 4.51. The predicted octanol–water partition coefficient (Wildman–Crippen LogP) is 5.36. The molecule has 0 fully saturated rings. The summed E-state index contributed by atoms with van der Waals surface area (Å²) in [5.74, 6) is 0.783. The van der Waals surface area contributed by atoms with Gasteiger partial charge in [-0.3, -0.25) is 14.0 Å². The first-order valence-corrected chi connectivity index (χ1v) is 13.7. The molecule has 4 heterocycles. The van der Waals surface area contributed by atoms with Gasteiger partial charge >= 0.3 is 0 Å². The van der Waals surface area contributed by atoms with Crippen LogP contribution < -0.4 is 0 Å². The summed E-state index contributed by atoms with van der Waals surface area (Å²) in [7, 11) is 2.02. The average molecular weight is 527 g/mol. The molecule has 1 aliphatic rings. The maximum absolute atomic E-state index is 5.06. The molecule has 0 spiro atoms. The van der Waals surface area contributed by atoms with Gasteiger partial charge in [0.1, 0.15) is 5.82 Å². The first-order chi connectivity index (χ1) is 19.6. The summed E-state index contributed by atoms with van der Waals surface area (Å²) in [5, 5.41) is 14.1. The largest absolute Gasteiger partial charge is 0.273 e. The smallest absolute Gasteiger partial charge is 0.134 e. The van der Waals surface area contributed by atoms with Crippen LogP contribution in [-0.4, -0.2) is 39.3 Å². The molecule has 0 radical (unpaired) electrons. The molecule has 0 unspecified atom stereocenters. The average Bonchev–Trinajstić information content (AvgIpc) is 3.72. The highest BCUT2D eigenvalue weighted by atomic mass is 15.3. The second-order valence-electron chi connectivity index (χ2n) is 10.3. The zero-order valence-corrected chi connectivity index (χ0v) is 22.7. The van der Waals surface area contributed by atoms with Crippen LogP contribution in [0.15, 0.2) is 85.5 Å². The molecule has 4 aromatic heterocycles. The SMILES string of the molecule is CCn1ccc(Cc2ncc3c(n2)-c2c(nn(C)c2-c2ccc(-c4cnn(Cc5ccccc5)c4)cc2)CC3)n1. The van der Waals surface area contributed by atoms with Gasteiger partial charge in [0.05, 0.1) is 41.9 Å². The molecule has 0 N–H and O–H groups in total. The van der Waals surface area contributed by atoms with E-state index < -0.39 is 0 Å². The summed E-state index contributed by atoms with van der Waals surface area (Å²) < 4.78 is 5.91. The van der Waals surface area contributed by atoms with Crippen molar-refractivity contribution < 1.29 is 0 Å². The van der Waals surface area contributed by atoms with Gasteiger partial charge in [0.25, 0.3) is 0 Å². The van der Waals surface area contributed by atoms with Crippen molar-refractivity contribution in [3.8, 4) is 33.6 Å². The summed E-state index contributed by atoms with van der Waals surface area (Å²) in [6, 6.07) is 21.1. The molecular formula is C32H30N8. The Kier molecular flexibility index (Phi) is 6.07. The molecule has 2 aromatic carbocycles. The zero-order chi connectivity index (χ0) is 27.1. The van der Waals surface area contributed by atoms with E-state index in [4.69, 9.17) is 10.1 Å². The Labute approximate surface area is 233 Å². The summed E-state index contributed by atoms with van der Waals surface area (Å²) in [4.78, 5) is 9.74. The van der Waals surface area contributed by atoms with Crippen LogP contribution in [0, 0.1) is 0 Å². The Morgan fingerprint density at radius 1 is 0.825 bits per heavy atom. The molecule has 198 valence electrons. The van der Waals surface area contributed by atoms with E-state index in [1.807, 2.05) is 51.8 Å². The van der Waals surface area contributed by atoms with Crippen LogP contribution in [0.1, 0.15) is 35.3 Å². The molecule has 6 aromatic rings. The lowest BCUT2D eigenvalue weighted by Crippen LogP contribution is -2.09. The fraction of sp³-hybridized carbons (Fsp3) is 0.219. The van der Waals surface area contributed by atoms with Gasteiger partial charge in [-0.1, -0.05) is 54.6 Å². The number of hydrogen-bond acceptors (Lipinski definition) is 5. The fourth-order valence-electron chi connectivity index (χ4n) is 5.54. The minimum Gasteiger partial charge on any atom is -0.273 e. The lowest BCUT2D eigenvalue weighted by atomic mass is 9.91. The highest BCUT2D eigenvalue weighted by molar-refractivity contribution is 5.84. The Morgan fingerprint density at radius 2 is 1.65 bits per heavy atom. The fourth-order valence-corrected chi connectivity index (χ4v) is 5.54. The van der Waals surface area contributed by atoms with E-state index in [-0.39, 0.29) is 0 Å². The number of hydrogen-bond donors (Lipinski definition) is 0. The number of fused-ring (bicyclic) bond motifs is 3. The van der Waals surface area contributed by atoms with Crippen LogP contribution in [0.2, 0.25) is 0 Å². The van der Waals surface area contributed by atoms with E-state index in [2.05, 4.69) is 76.8 Å². The standard InChI is InChI=1S/C32H30N8/c1-3-39-16-15-27(36-39)17-29-33-18-25-13-14-28-30(31(25)35-29)32(38(2)37-28)24-11-9-23(10-12-24)26-19-34-40(21-26)20-22-7-5-4-6-8-22/h4-12,15-16,18-19,21H,3,13-14,17,20H2,1-2H3. The first kappa shape index (κ1) is 24.2. The molecule has 0 aliphatic heterocycles. The number of aryl methyl sites for hydroxylation is 4. The van der Waals surface area contributed by atoms with E-state index in [9.17, 15) is 0 Å². The zero-order valence-electron chi connectivity index (χ0n) is 22.7. The van der Waals surface area contributed by atoms with Crippen molar-refractivity contribution in [2.75, 3.05) is 0 Å². The Hall–Kier alpha value is -4.85. The van der Waals surface area contributed by atoms with Crippen molar-refractivity contribution in [2.24, 2.45) is 7.05 Å². The number of aromatic nitrogens is 8. The summed E-state index contributed by atoms with van der Waals surface area (Å²) in [5.41, 5.74) is 11.0. The highest BCUT2D eigenvalue weighted by Crippen LogP contribution is 2.39. The van der Waals surface area contributed by atoms with Crippen LogP contribution in [-0.2, 0) is 39.4 Å². The van der Waals surface area contributed by atoms with Crippen LogP contribution >= 0.6 is 0 Å². The minimum absolute atomic E-state index is 0.609. The molecule has 0 atom stereocenters. The van der Waals surface area contributed by atoms with Crippen LogP contribution in [0.4, 0.5) is 0 Å². The second kappa shape index (κ2) is 10.0. The van der Waals surface area contributed by atoms with Crippen molar-refractivity contribution >= 4 is 0 Å². The molecule has 0 amide bonds. The topological polar surface area (TPSA) is 79.2 Å². The Bertz CT molecular complexity index is 1790. The maximum Gasteiger partial charge on any atom is 0.134 e. The minimum atomic E-state index is 0.609. The summed E-state index contributed by atoms with van der Waals surface area (Å²) in [6.45, 7) is 3.69. The molecule has 0 saturated carbocycles. The second-order valence-corrected chi connectivity index (χ2v) is 10.3. The van der Waals surface area contributed by atoms with Crippen molar-refractivity contribution in [1.82, 2.24) is 39.3 Å². The van der Waals surface area contributed by atoms with Crippen LogP contribution in [0.25, 0.3) is 33.6 Å². The maximum atomic E-state index is 5.06. The van der Waals surface area contributed by atoms with Gasteiger partial charge in [-0.05, 0) is 42.5 Å². The van der Waals surface area contributed by atoms with Crippen molar-refractivity contribution in [3.63, 3.8) is 0 Å². The number of nitrogens with zero attached hydrogens (tertiary/aromatic N) is 8. The van der Waals surface area contributed by atoms with Gasteiger partial charge < -0.3 is 0 Å². The molecular weight excluding hydrogens is 496 g/mol. The molecule has 1 aliphatic carbocycles. The van der Waals surface area contributed by atoms with Gasteiger partial charge in [0.2, 0.25) is 0 Å². The van der Waals surface area contributed by atoms with Gasteiger partial charge in [-0.15, -0.1) is 0 Å². The number of rotatable bonds is 7. The quantitative estimate of drug-likeness (QED) is 0.280. The lowest BCUT2D eigenvalue weighted by molar-refractivity contribution is 0.648. The summed E-state index contributed by atoms with van der Waals surface area (Å²) in [6.07, 6.45) is 10.4. The summed E-state index contributed by atoms with van der Waals surface area (Å²) >= 11 is 0. The molecule has 8 nitrogen and oxygen atoms in total. The Balaban J connectivity index is 1.19. The van der Waals surface area contributed by atoms with Crippen molar-refractivity contribution in [1.29, 1.82) is 0 Å². The van der Waals surface area contributed by atoms with E-state index >= 15 is 0 Å². The van der Waals surface area contributed by atoms with Crippen LogP contribution in [0.3, 0.4) is 0 Å². The third-order valence-corrected chi connectivity index (χ3v) is 7.57. The molecule has 40 heavy (non-hydrogen) atoms. The van der Waals surface area contributed by atoms with Crippen molar-refractivity contribution in [3.05, 3.63) is 114 Å². The molecule has 7 rings (SSSR count). The van der Waals surface area contributed by atoms with E-state index in [0.29, 0.717) is 6.42 Å². The van der Waals surface area contributed by atoms with E-state index in [1.165, 1.54) is 11.1 Å². The number of benzene rings is 2. The predicted molar refractivity (Wildman–Crippen MR) is 155 cm³/mol. The van der Waals surface area contributed by atoms with Gasteiger partial charge in [-0.25, -0.2) is 9.97 Å². The Morgan fingerprint density at radius 3 is 2.45 bits per heavy atom. The first-order valence-electron chi connectivity index (χ1n) is 13.7. The molecule has 0 saturated heterocycles. The van der Waals surface area contributed by atoms with Gasteiger partial charge in [0.15, 0.2) is 0 Å². The highest BCUT2D eigenvalue weighted by Gasteiger charge is 2.27.